The Morgan fingerprint density at radius 2 is 1.22 bits per heavy atom. The maximum absolute atomic E-state index is 3.83. The molecule has 11 unspecified atom stereocenters. The minimum atomic E-state index is 0.806. The van der Waals surface area contributed by atoms with Crippen molar-refractivity contribution in [3.63, 3.8) is 0 Å². The minimum absolute atomic E-state index is 0.806. The van der Waals surface area contributed by atoms with Crippen LogP contribution in [0.5, 0.6) is 0 Å². The maximum Gasteiger partial charge on any atom is -0.00174 e. The normalized spacial score (nSPS) is 41.2. The Bertz CT molecular complexity index is 1190. The van der Waals surface area contributed by atoms with Crippen molar-refractivity contribution in [2.24, 2.45) is 65.1 Å². The summed E-state index contributed by atoms with van der Waals surface area (Å²) in [5, 5.41) is 0. The highest BCUT2D eigenvalue weighted by molar-refractivity contribution is 5.26. The Labute approximate surface area is 283 Å². The first-order chi connectivity index (χ1) is 22.7. The molecule has 11 rings (SSSR count). The van der Waals surface area contributed by atoms with E-state index in [0.29, 0.717) is 0 Å². The molecule has 11 aliphatic carbocycles. The van der Waals surface area contributed by atoms with Gasteiger partial charge >= 0.3 is 0 Å². The standard InChI is InChI=1S/C10H12.2C9H12.C7H10.C6H10.C5H8/c1-2-9-7-4-5-8(6-7)10(9)3-1;2*1-2-8-5-7-3-4-9(8)6-7;1-2-7-4-3-6(1)5-7;1-2-4-6-5-3-1;1-2-4-5-3-1/h1-2,4-5,7-10H,3,6H2;2-4,7,9H,5-6H2,1H3;2-4,7-9H,1,5-6H2;1-2,6-7H,3-5H2;1-2H,3-6H2;1-2H,3-5H2/b;8-2+;;;;. The topological polar surface area (TPSA) is 0 Å². The average molecular weight is 617 g/mol. The van der Waals surface area contributed by atoms with Gasteiger partial charge in [0.25, 0.3) is 0 Å². The second kappa shape index (κ2) is 17.2. The van der Waals surface area contributed by atoms with Gasteiger partial charge in [0, 0.05) is 0 Å². The summed E-state index contributed by atoms with van der Waals surface area (Å²) in [6, 6.07) is 0. The summed E-state index contributed by atoms with van der Waals surface area (Å²) in [4.78, 5) is 0. The van der Waals surface area contributed by atoms with Gasteiger partial charge in [-0.25, -0.2) is 0 Å². The van der Waals surface area contributed by atoms with E-state index in [0.717, 1.165) is 65.1 Å². The van der Waals surface area contributed by atoms with Gasteiger partial charge in [-0.2, -0.15) is 0 Å². The summed E-state index contributed by atoms with van der Waals surface area (Å²) >= 11 is 0. The molecule has 0 spiro atoms. The van der Waals surface area contributed by atoms with Crippen LogP contribution >= 0.6 is 0 Å². The number of allylic oxidation sites excluding steroid dienone is 17. The van der Waals surface area contributed by atoms with Crippen molar-refractivity contribution >= 4 is 0 Å². The van der Waals surface area contributed by atoms with Gasteiger partial charge in [0.15, 0.2) is 0 Å². The molecule has 0 aromatic heterocycles. The quantitative estimate of drug-likeness (QED) is 0.257. The predicted octanol–water partition coefficient (Wildman–Crippen LogP) is 13.1. The zero-order chi connectivity index (χ0) is 31.6. The number of hydrogen-bond acceptors (Lipinski definition) is 0. The van der Waals surface area contributed by atoms with Crippen molar-refractivity contribution in [2.45, 2.75) is 110 Å². The van der Waals surface area contributed by atoms with E-state index in [1.807, 2.05) is 0 Å². The van der Waals surface area contributed by atoms with E-state index in [1.165, 1.54) is 103 Å². The third-order valence-corrected chi connectivity index (χ3v) is 12.8. The van der Waals surface area contributed by atoms with Crippen LogP contribution < -0.4 is 0 Å². The second-order valence-electron chi connectivity index (χ2n) is 16.0. The molecule has 0 heterocycles. The lowest BCUT2D eigenvalue weighted by atomic mass is 9.86. The van der Waals surface area contributed by atoms with Crippen LogP contribution in [0, 0.1) is 65.1 Å². The molecular weight excluding hydrogens is 553 g/mol. The Balaban J connectivity index is 0.0000000984. The summed E-state index contributed by atoms with van der Waals surface area (Å²) in [5.41, 5.74) is 1.67. The van der Waals surface area contributed by atoms with Crippen LogP contribution in [0.15, 0.2) is 109 Å². The Morgan fingerprint density at radius 1 is 0.565 bits per heavy atom. The van der Waals surface area contributed by atoms with Gasteiger partial charge in [-0.05, 0) is 175 Å². The molecule has 11 atom stereocenters. The van der Waals surface area contributed by atoms with E-state index in [9.17, 15) is 0 Å². The molecule has 0 saturated heterocycles. The van der Waals surface area contributed by atoms with E-state index >= 15 is 0 Å². The summed E-state index contributed by atoms with van der Waals surface area (Å²) in [5.74, 6) is 10.1. The lowest BCUT2D eigenvalue weighted by Crippen LogP contribution is -2.12. The van der Waals surface area contributed by atoms with E-state index < -0.39 is 0 Å². The summed E-state index contributed by atoms with van der Waals surface area (Å²) < 4.78 is 0. The molecule has 0 amide bonds. The van der Waals surface area contributed by atoms with Crippen LogP contribution in [0.2, 0.25) is 0 Å². The number of fused-ring (bicyclic) bond motifs is 11. The van der Waals surface area contributed by atoms with Crippen molar-refractivity contribution < 1.29 is 0 Å². The molecule has 248 valence electrons. The predicted molar refractivity (Wildman–Crippen MR) is 200 cm³/mol. The molecule has 0 heteroatoms. The fourth-order valence-corrected chi connectivity index (χ4v) is 10.1. The Hall–Kier alpha value is -2.34. The molecular formula is C46H64. The van der Waals surface area contributed by atoms with Gasteiger partial charge in [-0.15, -0.1) is 6.58 Å². The average Bonchev–Trinajstić information content (AvgIpc) is 3.98. The van der Waals surface area contributed by atoms with Crippen LogP contribution in [0.25, 0.3) is 0 Å². The first-order valence-corrected chi connectivity index (χ1v) is 19.7. The highest BCUT2D eigenvalue weighted by Gasteiger charge is 2.44. The molecule has 0 nitrogen and oxygen atoms in total. The summed E-state index contributed by atoms with van der Waals surface area (Å²) in [7, 11) is 0. The van der Waals surface area contributed by atoms with E-state index in [4.69, 9.17) is 0 Å². The van der Waals surface area contributed by atoms with Crippen LogP contribution in [0.4, 0.5) is 0 Å². The van der Waals surface area contributed by atoms with Gasteiger partial charge in [-0.1, -0.05) is 103 Å². The first kappa shape index (κ1) is 33.6. The monoisotopic (exact) mass is 617 g/mol. The van der Waals surface area contributed by atoms with Crippen LogP contribution in [-0.2, 0) is 0 Å². The van der Waals surface area contributed by atoms with Crippen molar-refractivity contribution in [1.29, 1.82) is 0 Å². The van der Waals surface area contributed by atoms with Crippen molar-refractivity contribution in [2.75, 3.05) is 0 Å². The SMILES string of the molecule is C/C=C1\CC2C=CC1C2.C1=CC2C3C=CC(C3)C2C1.C1=CC2CCC1C2.C1=CCCC1.C1=CCCCC1.C=CC1CC2C=CC1C2. The van der Waals surface area contributed by atoms with Crippen molar-refractivity contribution in [3.05, 3.63) is 109 Å². The largest absolute Gasteiger partial charge is 0.103 e. The van der Waals surface area contributed by atoms with Gasteiger partial charge in [0.05, 0.1) is 0 Å². The molecule has 0 aliphatic heterocycles. The third kappa shape index (κ3) is 8.96. The smallest absolute Gasteiger partial charge is 0.00174 e. The molecule has 4 saturated carbocycles. The Kier molecular flexibility index (Phi) is 12.5. The number of rotatable bonds is 1. The second-order valence-corrected chi connectivity index (χ2v) is 16.0. The molecule has 0 aromatic rings. The third-order valence-electron chi connectivity index (χ3n) is 12.8. The van der Waals surface area contributed by atoms with Crippen molar-refractivity contribution in [3.8, 4) is 0 Å². The lowest BCUT2D eigenvalue weighted by molar-refractivity contribution is 0.398. The zero-order valence-electron chi connectivity index (χ0n) is 29.1. The van der Waals surface area contributed by atoms with Gasteiger partial charge in [0.1, 0.15) is 0 Å². The molecule has 11 aliphatic rings. The molecule has 8 bridgehead atoms. The van der Waals surface area contributed by atoms with Crippen molar-refractivity contribution in [1.82, 2.24) is 0 Å². The van der Waals surface area contributed by atoms with E-state index in [1.54, 1.807) is 5.57 Å². The fraction of sp³-hybridized carbons (Fsp3) is 0.609. The molecule has 0 aromatic carbocycles. The minimum Gasteiger partial charge on any atom is -0.103 e. The van der Waals surface area contributed by atoms with E-state index in [-0.39, 0.29) is 0 Å². The Morgan fingerprint density at radius 3 is 1.61 bits per heavy atom. The van der Waals surface area contributed by atoms with Gasteiger partial charge in [0.2, 0.25) is 0 Å². The maximum atomic E-state index is 3.83. The molecule has 46 heavy (non-hydrogen) atoms. The van der Waals surface area contributed by atoms with E-state index in [2.05, 4.69) is 111 Å². The zero-order valence-corrected chi connectivity index (χ0v) is 29.1. The van der Waals surface area contributed by atoms with Gasteiger partial charge < -0.3 is 0 Å². The summed E-state index contributed by atoms with van der Waals surface area (Å²) in [6.07, 6.45) is 59.6. The summed E-state index contributed by atoms with van der Waals surface area (Å²) in [6.45, 7) is 5.98. The fourth-order valence-electron chi connectivity index (χ4n) is 10.1. The van der Waals surface area contributed by atoms with Crippen LogP contribution in [0.1, 0.15) is 110 Å². The van der Waals surface area contributed by atoms with Gasteiger partial charge in [-0.3, -0.25) is 0 Å². The molecule has 4 fully saturated rings. The van der Waals surface area contributed by atoms with Crippen LogP contribution in [0.3, 0.4) is 0 Å². The lowest BCUT2D eigenvalue weighted by Gasteiger charge is -2.18. The van der Waals surface area contributed by atoms with Crippen LogP contribution in [-0.4, -0.2) is 0 Å². The molecule has 0 radical (unpaired) electrons. The first-order valence-electron chi connectivity index (χ1n) is 19.7. The highest BCUT2D eigenvalue weighted by Crippen LogP contribution is 2.52. The molecule has 0 N–H and O–H groups in total. The number of hydrogen-bond donors (Lipinski definition) is 0. The highest BCUT2D eigenvalue weighted by atomic mass is 14.5.